The summed E-state index contributed by atoms with van der Waals surface area (Å²) in [5.41, 5.74) is 1.52. The van der Waals surface area contributed by atoms with Crippen LogP contribution in [0, 0.1) is 0 Å². The number of nitrogens with zero attached hydrogens (tertiary/aromatic N) is 1. The molecule has 0 atom stereocenters. The maximum atomic E-state index is 12.3. The molecule has 2 heterocycles. The van der Waals surface area contributed by atoms with Gasteiger partial charge in [0, 0.05) is 19.1 Å². The largest absolute Gasteiger partial charge is 0.497 e. The fraction of sp³-hybridized carbons (Fsp3) is 0.368. The first-order chi connectivity index (χ1) is 12.2. The van der Waals surface area contributed by atoms with Gasteiger partial charge in [-0.05, 0) is 36.6 Å². The fourth-order valence-electron chi connectivity index (χ4n) is 3.00. The quantitative estimate of drug-likeness (QED) is 0.905. The van der Waals surface area contributed by atoms with E-state index in [2.05, 4.69) is 5.32 Å². The molecule has 6 heteroatoms. The van der Waals surface area contributed by atoms with Gasteiger partial charge in [-0.2, -0.15) is 0 Å². The van der Waals surface area contributed by atoms with Gasteiger partial charge < -0.3 is 19.4 Å². The van der Waals surface area contributed by atoms with Crippen LogP contribution in [0.4, 0.5) is 0 Å². The zero-order chi connectivity index (χ0) is 17.6. The molecule has 1 aliphatic heterocycles. The van der Waals surface area contributed by atoms with Crippen molar-refractivity contribution in [3.05, 3.63) is 54.0 Å². The molecule has 1 aromatic carbocycles. The van der Waals surface area contributed by atoms with E-state index in [1.165, 1.54) is 12.5 Å². The van der Waals surface area contributed by atoms with E-state index in [-0.39, 0.29) is 17.9 Å². The number of hydrogen-bond acceptors (Lipinski definition) is 4. The smallest absolute Gasteiger partial charge is 0.257 e. The molecule has 1 aromatic heterocycles. The average molecular weight is 342 g/mol. The van der Waals surface area contributed by atoms with Crippen LogP contribution in [-0.2, 0) is 11.2 Å². The van der Waals surface area contributed by atoms with Crippen molar-refractivity contribution < 1.29 is 18.7 Å². The third-order valence-electron chi connectivity index (χ3n) is 4.44. The Bertz CT molecular complexity index is 702. The van der Waals surface area contributed by atoms with Gasteiger partial charge in [-0.25, -0.2) is 0 Å². The van der Waals surface area contributed by atoms with E-state index in [1.807, 2.05) is 24.3 Å². The van der Waals surface area contributed by atoms with E-state index in [4.69, 9.17) is 9.15 Å². The molecular weight excluding hydrogens is 320 g/mol. The number of ether oxygens (including phenoxy) is 1. The van der Waals surface area contributed by atoms with Gasteiger partial charge >= 0.3 is 0 Å². The summed E-state index contributed by atoms with van der Waals surface area (Å²) >= 11 is 0. The van der Waals surface area contributed by atoms with E-state index >= 15 is 0 Å². The molecule has 3 rings (SSSR count). The lowest BCUT2D eigenvalue weighted by Gasteiger charge is -2.32. The molecule has 1 aliphatic rings. The molecule has 0 bridgehead atoms. The topological polar surface area (TPSA) is 71.8 Å². The van der Waals surface area contributed by atoms with Crippen LogP contribution < -0.4 is 10.1 Å². The Morgan fingerprint density at radius 1 is 1.20 bits per heavy atom. The van der Waals surface area contributed by atoms with Crippen LogP contribution in [-0.4, -0.2) is 43.0 Å². The fourth-order valence-corrected chi connectivity index (χ4v) is 3.00. The number of benzene rings is 1. The molecule has 0 aliphatic carbocycles. The maximum absolute atomic E-state index is 12.3. The van der Waals surface area contributed by atoms with Crippen molar-refractivity contribution >= 4 is 11.8 Å². The molecule has 132 valence electrons. The molecule has 0 spiro atoms. The number of carbonyl (C=O) groups is 2. The molecule has 2 amide bonds. The molecule has 0 unspecified atom stereocenters. The summed E-state index contributed by atoms with van der Waals surface area (Å²) in [6.45, 7) is 1.27. The van der Waals surface area contributed by atoms with Crippen molar-refractivity contribution in [1.29, 1.82) is 0 Å². The summed E-state index contributed by atoms with van der Waals surface area (Å²) in [5.74, 6) is 0.764. The predicted octanol–water partition coefficient (Wildman–Crippen LogP) is 2.25. The second-order valence-corrected chi connectivity index (χ2v) is 6.17. The van der Waals surface area contributed by atoms with Gasteiger partial charge in [-0.3, -0.25) is 9.59 Å². The Kier molecular flexibility index (Phi) is 5.38. The predicted molar refractivity (Wildman–Crippen MR) is 92.5 cm³/mol. The Balaban J connectivity index is 1.45. The molecular formula is C19H22N2O4. The molecule has 6 nitrogen and oxygen atoms in total. The summed E-state index contributed by atoms with van der Waals surface area (Å²) in [5, 5.41) is 3.06. The minimum Gasteiger partial charge on any atom is -0.497 e. The zero-order valence-electron chi connectivity index (χ0n) is 14.2. The van der Waals surface area contributed by atoms with Gasteiger partial charge in [0.05, 0.1) is 25.4 Å². The Hall–Kier alpha value is -2.76. The van der Waals surface area contributed by atoms with Gasteiger partial charge in [0.25, 0.3) is 5.91 Å². The van der Waals surface area contributed by atoms with Crippen LogP contribution in [0.2, 0.25) is 0 Å². The molecule has 1 fully saturated rings. The van der Waals surface area contributed by atoms with E-state index in [0.29, 0.717) is 25.1 Å². The number of amides is 2. The molecule has 1 N–H and O–H groups in total. The Morgan fingerprint density at radius 2 is 1.92 bits per heavy atom. The first-order valence-corrected chi connectivity index (χ1v) is 8.39. The summed E-state index contributed by atoms with van der Waals surface area (Å²) in [7, 11) is 1.62. The molecule has 1 saturated heterocycles. The maximum Gasteiger partial charge on any atom is 0.257 e. The highest BCUT2D eigenvalue weighted by Crippen LogP contribution is 2.15. The average Bonchev–Trinajstić information content (AvgIpc) is 3.17. The van der Waals surface area contributed by atoms with Crippen LogP contribution in [0.15, 0.2) is 47.3 Å². The van der Waals surface area contributed by atoms with Crippen LogP contribution in [0.5, 0.6) is 5.75 Å². The van der Waals surface area contributed by atoms with Gasteiger partial charge in [0.15, 0.2) is 0 Å². The first kappa shape index (κ1) is 17.1. The monoisotopic (exact) mass is 342 g/mol. The van der Waals surface area contributed by atoms with Crippen LogP contribution >= 0.6 is 0 Å². The number of furan rings is 1. The van der Waals surface area contributed by atoms with Crippen molar-refractivity contribution in [2.45, 2.75) is 25.3 Å². The van der Waals surface area contributed by atoms with Gasteiger partial charge in [0.2, 0.25) is 5.91 Å². The van der Waals surface area contributed by atoms with Crippen LogP contribution in [0.3, 0.4) is 0 Å². The second-order valence-electron chi connectivity index (χ2n) is 6.17. The van der Waals surface area contributed by atoms with E-state index in [9.17, 15) is 9.59 Å². The lowest BCUT2D eigenvalue weighted by Crippen LogP contribution is -2.46. The Morgan fingerprint density at radius 3 is 2.52 bits per heavy atom. The minimum absolute atomic E-state index is 0.00442. The third kappa shape index (κ3) is 4.41. The number of hydrogen-bond donors (Lipinski definition) is 1. The lowest BCUT2D eigenvalue weighted by atomic mass is 10.0. The molecule has 25 heavy (non-hydrogen) atoms. The summed E-state index contributed by atoms with van der Waals surface area (Å²) in [4.78, 5) is 26.3. The van der Waals surface area contributed by atoms with Gasteiger partial charge in [-0.1, -0.05) is 12.1 Å². The minimum atomic E-state index is -0.0169. The third-order valence-corrected chi connectivity index (χ3v) is 4.44. The van der Waals surface area contributed by atoms with Crippen molar-refractivity contribution in [3.63, 3.8) is 0 Å². The van der Waals surface area contributed by atoms with Crippen molar-refractivity contribution in [2.75, 3.05) is 20.2 Å². The van der Waals surface area contributed by atoms with Gasteiger partial charge in [0.1, 0.15) is 12.0 Å². The van der Waals surface area contributed by atoms with E-state index in [0.717, 1.165) is 24.2 Å². The highest BCUT2D eigenvalue weighted by atomic mass is 16.5. The van der Waals surface area contributed by atoms with Crippen LogP contribution in [0.25, 0.3) is 0 Å². The van der Waals surface area contributed by atoms with Crippen molar-refractivity contribution in [3.8, 4) is 5.75 Å². The molecule has 0 saturated carbocycles. The standard InChI is InChI=1S/C19H22N2O4/c1-24-17-4-2-14(3-5-17)12-18(22)20-16-6-9-21(10-7-16)19(23)15-8-11-25-13-15/h2-5,8,11,13,16H,6-7,9-10,12H2,1H3,(H,20,22). The number of nitrogens with one attached hydrogen (secondary N) is 1. The number of likely N-dealkylation sites (tertiary alicyclic amines) is 1. The van der Waals surface area contributed by atoms with Crippen LogP contribution in [0.1, 0.15) is 28.8 Å². The van der Waals surface area contributed by atoms with Crippen molar-refractivity contribution in [1.82, 2.24) is 10.2 Å². The van der Waals surface area contributed by atoms with E-state index in [1.54, 1.807) is 18.1 Å². The molecule has 2 aromatic rings. The number of rotatable bonds is 5. The van der Waals surface area contributed by atoms with E-state index < -0.39 is 0 Å². The summed E-state index contributed by atoms with van der Waals surface area (Å²) < 4.78 is 10.1. The first-order valence-electron chi connectivity index (χ1n) is 8.39. The number of piperidine rings is 1. The normalized spacial score (nSPS) is 15.0. The van der Waals surface area contributed by atoms with Crippen molar-refractivity contribution in [2.24, 2.45) is 0 Å². The highest BCUT2D eigenvalue weighted by molar-refractivity contribution is 5.93. The summed E-state index contributed by atoms with van der Waals surface area (Å²) in [6.07, 6.45) is 4.83. The number of methoxy groups -OCH3 is 1. The van der Waals surface area contributed by atoms with Gasteiger partial charge in [-0.15, -0.1) is 0 Å². The molecule has 0 radical (unpaired) electrons. The highest BCUT2D eigenvalue weighted by Gasteiger charge is 2.25. The Labute approximate surface area is 146 Å². The zero-order valence-corrected chi connectivity index (χ0v) is 14.2. The summed E-state index contributed by atoms with van der Waals surface area (Å²) in [6, 6.07) is 9.27. The number of carbonyl (C=O) groups excluding carboxylic acids is 2. The SMILES string of the molecule is COc1ccc(CC(=O)NC2CCN(C(=O)c3ccoc3)CC2)cc1. The second kappa shape index (κ2) is 7.88. The lowest BCUT2D eigenvalue weighted by molar-refractivity contribution is -0.121.